The fraction of sp³-hybridized carbons (Fsp3) is 0.273. The Balaban J connectivity index is 1.83. The van der Waals surface area contributed by atoms with Gasteiger partial charge in [0.15, 0.2) is 5.69 Å². The van der Waals surface area contributed by atoms with Crippen LogP contribution in [0.2, 0.25) is 0 Å². The highest BCUT2D eigenvalue weighted by Crippen LogP contribution is 2.42. The van der Waals surface area contributed by atoms with E-state index in [0.717, 1.165) is 36.0 Å². The fourth-order valence-corrected chi connectivity index (χ4v) is 2.07. The van der Waals surface area contributed by atoms with Crippen LogP contribution in [0.3, 0.4) is 0 Å². The zero-order valence-electron chi connectivity index (χ0n) is 8.96. The van der Waals surface area contributed by atoms with Gasteiger partial charge in [-0.3, -0.25) is 9.78 Å². The number of carbonyl (C=O) groups excluding carboxylic acids is 1. The summed E-state index contributed by atoms with van der Waals surface area (Å²) in [5, 5.41) is 2.84. The smallest absolute Gasteiger partial charge is 0.277 e. The molecule has 2 aromatic heterocycles. The standard InChI is InChI=1S/C11H10N4OS/c16-11(9-6-13-17-15-9)14-8-2-1-5-12-10(8)7-3-4-7/h1-2,5-7H,3-4H2,(H,14,16). The van der Waals surface area contributed by atoms with Crippen molar-refractivity contribution in [3.05, 3.63) is 35.9 Å². The van der Waals surface area contributed by atoms with Gasteiger partial charge in [0.2, 0.25) is 0 Å². The first-order chi connectivity index (χ1) is 8.34. The Morgan fingerprint density at radius 3 is 3.06 bits per heavy atom. The van der Waals surface area contributed by atoms with E-state index in [1.807, 2.05) is 12.1 Å². The van der Waals surface area contributed by atoms with Crippen molar-refractivity contribution in [2.24, 2.45) is 0 Å². The van der Waals surface area contributed by atoms with E-state index in [4.69, 9.17) is 0 Å². The van der Waals surface area contributed by atoms with E-state index in [1.165, 1.54) is 6.20 Å². The van der Waals surface area contributed by atoms with Gasteiger partial charge in [-0.25, -0.2) is 0 Å². The number of nitrogens with one attached hydrogen (secondary N) is 1. The molecule has 5 nitrogen and oxygen atoms in total. The van der Waals surface area contributed by atoms with Crippen molar-refractivity contribution in [2.75, 3.05) is 5.32 Å². The summed E-state index contributed by atoms with van der Waals surface area (Å²) in [5.41, 5.74) is 2.11. The van der Waals surface area contributed by atoms with Crippen LogP contribution in [-0.2, 0) is 0 Å². The lowest BCUT2D eigenvalue weighted by molar-refractivity contribution is 0.102. The Morgan fingerprint density at radius 1 is 1.47 bits per heavy atom. The molecule has 1 fully saturated rings. The van der Waals surface area contributed by atoms with Crippen LogP contribution in [0.5, 0.6) is 0 Å². The van der Waals surface area contributed by atoms with Gasteiger partial charge in [-0.15, -0.1) is 0 Å². The van der Waals surface area contributed by atoms with E-state index in [1.54, 1.807) is 6.20 Å². The third-order valence-electron chi connectivity index (χ3n) is 2.64. The van der Waals surface area contributed by atoms with Crippen molar-refractivity contribution < 1.29 is 4.79 Å². The van der Waals surface area contributed by atoms with Crippen molar-refractivity contribution in [2.45, 2.75) is 18.8 Å². The number of pyridine rings is 1. The molecule has 1 aliphatic rings. The summed E-state index contributed by atoms with van der Waals surface area (Å²) < 4.78 is 7.71. The van der Waals surface area contributed by atoms with Crippen LogP contribution < -0.4 is 5.32 Å². The molecular weight excluding hydrogens is 236 g/mol. The predicted molar refractivity (Wildman–Crippen MR) is 64.1 cm³/mol. The zero-order valence-corrected chi connectivity index (χ0v) is 9.78. The SMILES string of the molecule is O=C(Nc1cccnc1C1CC1)c1cnsn1. The van der Waals surface area contributed by atoms with E-state index in [-0.39, 0.29) is 5.91 Å². The maximum absolute atomic E-state index is 11.8. The molecule has 0 aromatic carbocycles. The number of aromatic nitrogens is 3. The highest BCUT2D eigenvalue weighted by atomic mass is 32.1. The Kier molecular flexibility index (Phi) is 2.56. The third-order valence-corrected chi connectivity index (χ3v) is 3.12. The minimum atomic E-state index is -0.228. The highest BCUT2D eigenvalue weighted by Gasteiger charge is 2.28. The van der Waals surface area contributed by atoms with Crippen LogP contribution in [-0.4, -0.2) is 19.6 Å². The van der Waals surface area contributed by atoms with Gasteiger partial charge in [-0.1, -0.05) is 0 Å². The molecule has 1 amide bonds. The number of rotatable bonds is 3. The Labute approximate surface area is 102 Å². The van der Waals surface area contributed by atoms with E-state index < -0.39 is 0 Å². The van der Waals surface area contributed by atoms with E-state index in [2.05, 4.69) is 19.0 Å². The Bertz CT molecular complexity index is 536. The van der Waals surface area contributed by atoms with Gasteiger partial charge in [-0.05, 0) is 25.0 Å². The predicted octanol–water partition coefficient (Wildman–Crippen LogP) is 2.06. The number of carbonyl (C=O) groups is 1. The fourth-order valence-electron chi connectivity index (χ4n) is 1.66. The van der Waals surface area contributed by atoms with Gasteiger partial charge < -0.3 is 5.32 Å². The van der Waals surface area contributed by atoms with Crippen LogP contribution in [0.15, 0.2) is 24.5 Å². The van der Waals surface area contributed by atoms with Gasteiger partial charge in [0.05, 0.1) is 29.3 Å². The number of amides is 1. The summed E-state index contributed by atoms with van der Waals surface area (Å²) in [6.07, 6.45) is 5.52. The molecule has 17 heavy (non-hydrogen) atoms. The molecule has 2 aromatic rings. The molecule has 86 valence electrons. The molecule has 0 radical (unpaired) electrons. The Hall–Kier alpha value is -1.82. The Morgan fingerprint density at radius 2 is 2.35 bits per heavy atom. The molecule has 0 bridgehead atoms. The molecule has 1 aliphatic carbocycles. The monoisotopic (exact) mass is 246 g/mol. The first-order valence-corrected chi connectivity index (χ1v) is 6.11. The van der Waals surface area contributed by atoms with Gasteiger partial charge >= 0.3 is 0 Å². The molecule has 0 atom stereocenters. The molecule has 0 spiro atoms. The van der Waals surface area contributed by atoms with Gasteiger partial charge in [-0.2, -0.15) is 8.75 Å². The molecule has 0 unspecified atom stereocenters. The molecule has 1 N–H and O–H groups in total. The maximum Gasteiger partial charge on any atom is 0.277 e. The number of hydrogen-bond donors (Lipinski definition) is 1. The van der Waals surface area contributed by atoms with E-state index in [9.17, 15) is 4.79 Å². The van der Waals surface area contributed by atoms with Gasteiger partial charge in [0.1, 0.15) is 0 Å². The number of hydrogen-bond acceptors (Lipinski definition) is 5. The summed E-state index contributed by atoms with van der Waals surface area (Å²) in [6, 6.07) is 3.69. The lowest BCUT2D eigenvalue weighted by Crippen LogP contribution is -2.13. The minimum Gasteiger partial charge on any atom is -0.319 e. The first kappa shape index (κ1) is 10.3. The summed E-state index contributed by atoms with van der Waals surface area (Å²) in [5.74, 6) is 0.272. The van der Waals surface area contributed by atoms with Crippen molar-refractivity contribution in [1.29, 1.82) is 0 Å². The highest BCUT2D eigenvalue weighted by molar-refractivity contribution is 6.99. The molecule has 3 rings (SSSR count). The summed E-state index contributed by atoms with van der Waals surface area (Å²) in [7, 11) is 0. The van der Waals surface area contributed by atoms with Gasteiger partial charge in [0, 0.05) is 12.1 Å². The summed E-state index contributed by atoms with van der Waals surface area (Å²) in [6.45, 7) is 0. The van der Waals surface area contributed by atoms with Crippen LogP contribution in [0, 0.1) is 0 Å². The van der Waals surface area contributed by atoms with E-state index >= 15 is 0 Å². The van der Waals surface area contributed by atoms with Crippen molar-refractivity contribution >= 4 is 23.3 Å². The second-order valence-electron chi connectivity index (χ2n) is 3.96. The average Bonchev–Trinajstić information content (AvgIpc) is 3.04. The van der Waals surface area contributed by atoms with Crippen molar-refractivity contribution in [1.82, 2.24) is 13.7 Å². The number of anilines is 1. The van der Waals surface area contributed by atoms with Crippen molar-refractivity contribution in [3.8, 4) is 0 Å². The summed E-state index contributed by atoms with van der Waals surface area (Å²) in [4.78, 5) is 16.2. The lowest BCUT2D eigenvalue weighted by Gasteiger charge is -2.07. The maximum atomic E-state index is 11.8. The summed E-state index contributed by atoms with van der Waals surface area (Å²) >= 11 is 1.02. The van der Waals surface area contributed by atoms with E-state index in [0.29, 0.717) is 11.6 Å². The van der Waals surface area contributed by atoms with Crippen LogP contribution in [0.4, 0.5) is 5.69 Å². The minimum absolute atomic E-state index is 0.228. The van der Waals surface area contributed by atoms with Crippen LogP contribution >= 0.6 is 11.7 Å². The topological polar surface area (TPSA) is 67.8 Å². The molecule has 2 heterocycles. The second-order valence-corrected chi connectivity index (χ2v) is 4.51. The molecule has 6 heteroatoms. The largest absolute Gasteiger partial charge is 0.319 e. The zero-order chi connectivity index (χ0) is 11.7. The molecule has 0 aliphatic heterocycles. The normalized spacial score (nSPS) is 14.6. The van der Waals surface area contributed by atoms with Gasteiger partial charge in [0.25, 0.3) is 5.91 Å². The first-order valence-electron chi connectivity index (χ1n) is 5.38. The number of nitrogens with zero attached hydrogens (tertiary/aromatic N) is 3. The second kappa shape index (κ2) is 4.21. The average molecular weight is 246 g/mol. The van der Waals surface area contributed by atoms with Crippen LogP contribution in [0.1, 0.15) is 34.9 Å². The van der Waals surface area contributed by atoms with Crippen LogP contribution in [0.25, 0.3) is 0 Å². The quantitative estimate of drug-likeness (QED) is 0.900. The molecule has 0 saturated heterocycles. The van der Waals surface area contributed by atoms with Crippen molar-refractivity contribution in [3.63, 3.8) is 0 Å². The third kappa shape index (κ3) is 2.16. The molecule has 1 saturated carbocycles. The molecular formula is C11H10N4OS. The lowest BCUT2D eigenvalue weighted by atomic mass is 10.2.